The van der Waals surface area contributed by atoms with E-state index >= 15 is 0 Å². The maximum Gasteiger partial charge on any atom is 0.411 e. The molecular formula is C10H20F3NO. The normalized spacial score (nSPS) is 14.2. The lowest BCUT2D eigenvalue weighted by molar-refractivity contribution is -0.185. The topological polar surface area (TPSA) is 21.3 Å². The predicted octanol–water partition coefficient (Wildman–Crippen LogP) is 2.73. The van der Waals surface area contributed by atoms with E-state index < -0.39 is 12.8 Å². The van der Waals surface area contributed by atoms with Gasteiger partial charge in [-0.05, 0) is 19.4 Å². The fraction of sp³-hybridized carbons (Fsp3) is 1.00. The number of rotatable bonds is 8. The standard InChI is InChI=1S/C10H20F3NO/c1-3-5-9(7-14-6-4-2)15-8-10(11,12)13/h9,14H,3-8H2,1-2H3. The Balaban J connectivity index is 3.72. The predicted molar refractivity (Wildman–Crippen MR) is 53.9 cm³/mol. The highest BCUT2D eigenvalue weighted by atomic mass is 19.4. The van der Waals surface area contributed by atoms with Crippen LogP contribution < -0.4 is 5.32 Å². The molecule has 92 valence electrons. The molecule has 1 N–H and O–H groups in total. The SMILES string of the molecule is CCCNCC(CCC)OCC(F)(F)F. The molecule has 0 aromatic rings. The van der Waals surface area contributed by atoms with Crippen LogP contribution in [0, 0.1) is 0 Å². The van der Waals surface area contributed by atoms with Gasteiger partial charge in [0.15, 0.2) is 0 Å². The largest absolute Gasteiger partial charge is 0.411 e. The molecule has 0 bridgehead atoms. The van der Waals surface area contributed by atoms with Crippen molar-refractivity contribution in [2.45, 2.75) is 45.4 Å². The number of alkyl halides is 3. The zero-order chi connectivity index (χ0) is 11.7. The molecule has 0 spiro atoms. The molecule has 0 rings (SSSR count). The molecule has 1 unspecified atom stereocenters. The highest BCUT2D eigenvalue weighted by Crippen LogP contribution is 2.16. The van der Waals surface area contributed by atoms with Crippen LogP contribution in [0.25, 0.3) is 0 Å². The molecule has 0 aromatic heterocycles. The van der Waals surface area contributed by atoms with Gasteiger partial charge in [0, 0.05) is 6.54 Å². The molecule has 0 amide bonds. The van der Waals surface area contributed by atoms with Crippen LogP contribution in [-0.4, -0.2) is 32.0 Å². The van der Waals surface area contributed by atoms with E-state index in [1.54, 1.807) is 0 Å². The van der Waals surface area contributed by atoms with Crippen molar-refractivity contribution in [3.8, 4) is 0 Å². The van der Waals surface area contributed by atoms with E-state index in [0.29, 0.717) is 13.0 Å². The van der Waals surface area contributed by atoms with Crippen molar-refractivity contribution < 1.29 is 17.9 Å². The molecule has 0 heterocycles. The Morgan fingerprint density at radius 2 is 1.87 bits per heavy atom. The minimum Gasteiger partial charge on any atom is -0.367 e. The molecule has 0 aromatic carbocycles. The molecular weight excluding hydrogens is 207 g/mol. The lowest BCUT2D eigenvalue weighted by atomic mass is 10.2. The molecule has 5 heteroatoms. The maximum atomic E-state index is 11.9. The third-order valence-electron chi connectivity index (χ3n) is 1.89. The van der Waals surface area contributed by atoms with Gasteiger partial charge >= 0.3 is 6.18 Å². The number of ether oxygens (including phenoxy) is 1. The van der Waals surface area contributed by atoms with Crippen LogP contribution in [0.1, 0.15) is 33.1 Å². The van der Waals surface area contributed by atoms with E-state index in [0.717, 1.165) is 19.4 Å². The van der Waals surface area contributed by atoms with Gasteiger partial charge in [0.2, 0.25) is 0 Å². The van der Waals surface area contributed by atoms with Crippen molar-refractivity contribution in [1.29, 1.82) is 0 Å². The summed E-state index contributed by atoms with van der Waals surface area (Å²) in [5.41, 5.74) is 0. The van der Waals surface area contributed by atoms with E-state index in [1.807, 2.05) is 13.8 Å². The molecule has 15 heavy (non-hydrogen) atoms. The average molecular weight is 227 g/mol. The molecule has 0 fully saturated rings. The second-order valence-corrected chi connectivity index (χ2v) is 3.54. The van der Waals surface area contributed by atoms with Crippen LogP contribution in [-0.2, 0) is 4.74 Å². The Labute approximate surface area is 89.2 Å². The molecule has 2 nitrogen and oxygen atoms in total. The summed E-state index contributed by atoms with van der Waals surface area (Å²) >= 11 is 0. The van der Waals surface area contributed by atoms with E-state index in [9.17, 15) is 13.2 Å². The summed E-state index contributed by atoms with van der Waals surface area (Å²) in [6.07, 6.45) is -2.10. The zero-order valence-electron chi connectivity index (χ0n) is 9.36. The van der Waals surface area contributed by atoms with Gasteiger partial charge in [0.25, 0.3) is 0 Å². The Hall–Kier alpha value is -0.290. The Morgan fingerprint density at radius 1 is 1.20 bits per heavy atom. The lowest BCUT2D eigenvalue weighted by Gasteiger charge is -2.18. The molecule has 0 radical (unpaired) electrons. The van der Waals surface area contributed by atoms with Gasteiger partial charge < -0.3 is 10.1 Å². The van der Waals surface area contributed by atoms with Gasteiger partial charge in [-0.2, -0.15) is 13.2 Å². The van der Waals surface area contributed by atoms with Crippen molar-refractivity contribution in [2.75, 3.05) is 19.7 Å². The average Bonchev–Trinajstić information content (AvgIpc) is 2.13. The summed E-state index contributed by atoms with van der Waals surface area (Å²) in [7, 11) is 0. The molecule has 0 aliphatic heterocycles. The first kappa shape index (κ1) is 14.7. The highest BCUT2D eigenvalue weighted by molar-refractivity contribution is 4.62. The second kappa shape index (κ2) is 7.93. The van der Waals surface area contributed by atoms with E-state index in [1.165, 1.54) is 0 Å². The van der Waals surface area contributed by atoms with Gasteiger partial charge in [-0.1, -0.05) is 20.3 Å². The van der Waals surface area contributed by atoms with Crippen molar-refractivity contribution in [3.63, 3.8) is 0 Å². The fourth-order valence-electron chi connectivity index (χ4n) is 1.22. The molecule has 0 aliphatic carbocycles. The van der Waals surface area contributed by atoms with Crippen LogP contribution in [0.15, 0.2) is 0 Å². The summed E-state index contributed by atoms with van der Waals surface area (Å²) < 4.78 is 40.5. The highest BCUT2D eigenvalue weighted by Gasteiger charge is 2.28. The van der Waals surface area contributed by atoms with Crippen molar-refractivity contribution in [1.82, 2.24) is 5.32 Å². The monoisotopic (exact) mass is 227 g/mol. The van der Waals surface area contributed by atoms with Gasteiger partial charge in [-0.25, -0.2) is 0 Å². The third kappa shape index (κ3) is 10.0. The fourth-order valence-corrected chi connectivity index (χ4v) is 1.22. The van der Waals surface area contributed by atoms with Crippen LogP contribution in [0.2, 0.25) is 0 Å². The quantitative estimate of drug-likeness (QED) is 0.644. The number of halogens is 3. The minimum atomic E-state index is -4.23. The first-order chi connectivity index (χ1) is 6.99. The Morgan fingerprint density at radius 3 is 2.33 bits per heavy atom. The van der Waals surface area contributed by atoms with Crippen LogP contribution in [0.4, 0.5) is 13.2 Å². The third-order valence-corrected chi connectivity index (χ3v) is 1.89. The van der Waals surface area contributed by atoms with Gasteiger partial charge in [-0.15, -0.1) is 0 Å². The van der Waals surface area contributed by atoms with Crippen molar-refractivity contribution >= 4 is 0 Å². The van der Waals surface area contributed by atoms with Crippen molar-refractivity contribution in [3.05, 3.63) is 0 Å². The van der Waals surface area contributed by atoms with E-state index in [-0.39, 0.29) is 6.10 Å². The number of hydrogen-bond acceptors (Lipinski definition) is 2. The first-order valence-corrected chi connectivity index (χ1v) is 5.38. The first-order valence-electron chi connectivity index (χ1n) is 5.38. The van der Waals surface area contributed by atoms with E-state index in [4.69, 9.17) is 4.74 Å². The summed E-state index contributed by atoms with van der Waals surface area (Å²) in [5.74, 6) is 0. The number of nitrogens with one attached hydrogen (secondary N) is 1. The van der Waals surface area contributed by atoms with Gasteiger partial charge in [0.05, 0.1) is 6.10 Å². The summed E-state index contributed by atoms with van der Waals surface area (Å²) in [6.45, 7) is 4.11. The van der Waals surface area contributed by atoms with E-state index in [2.05, 4.69) is 5.32 Å². The summed E-state index contributed by atoms with van der Waals surface area (Å²) in [5, 5.41) is 3.06. The van der Waals surface area contributed by atoms with Gasteiger partial charge in [0.1, 0.15) is 6.61 Å². The van der Waals surface area contributed by atoms with Crippen molar-refractivity contribution in [2.24, 2.45) is 0 Å². The smallest absolute Gasteiger partial charge is 0.367 e. The van der Waals surface area contributed by atoms with Crippen LogP contribution in [0.5, 0.6) is 0 Å². The second-order valence-electron chi connectivity index (χ2n) is 3.54. The molecule has 0 aliphatic rings. The van der Waals surface area contributed by atoms with Gasteiger partial charge in [-0.3, -0.25) is 0 Å². The Kier molecular flexibility index (Phi) is 7.78. The molecule has 1 atom stereocenters. The molecule has 0 saturated heterocycles. The lowest BCUT2D eigenvalue weighted by Crippen LogP contribution is -2.32. The summed E-state index contributed by atoms with van der Waals surface area (Å²) in [6, 6.07) is 0. The summed E-state index contributed by atoms with van der Waals surface area (Å²) in [4.78, 5) is 0. The maximum absolute atomic E-state index is 11.9. The zero-order valence-corrected chi connectivity index (χ0v) is 9.36. The van der Waals surface area contributed by atoms with Crippen LogP contribution >= 0.6 is 0 Å². The minimum absolute atomic E-state index is 0.330. The number of hydrogen-bond donors (Lipinski definition) is 1. The molecule has 0 saturated carbocycles. The Bertz CT molecular complexity index is 150. The van der Waals surface area contributed by atoms with Crippen LogP contribution in [0.3, 0.4) is 0 Å².